The molecule has 0 aromatic heterocycles. The van der Waals surface area contributed by atoms with Gasteiger partial charge in [0.1, 0.15) is 0 Å². The summed E-state index contributed by atoms with van der Waals surface area (Å²) >= 11 is 0. The van der Waals surface area contributed by atoms with Gasteiger partial charge in [-0.05, 0) is 38.6 Å². The van der Waals surface area contributed by atoms with E-state index in [4.69, 9.17) is 4.74 Å². The van der Waals surface area contributed by atoms with Crippen LogP contribution in [0.4, 0.5) is 0 Å². The van der Waals surface area contributed by atoms with Crippen LogP contribution < -0.4 is 5.32 Å². The number of amides is 1. The van der Waals surface area contributed by atoms with Crippen molar-refractivity contribution in [1.82, 2.24) is 10.2 Å². The van der Waals surface area contributed by atoms with Crippen LogP contribution >= 0.6 is 0 Å². The number of carbonyl (C=O) groups is 1. The number of rotatable bonds is 2. The van der Waals surface area contributed by atoms with Gasteiger partial charge in [0.25, 0.3) is 0 Å². The topological polar surface area (TPSA) is 41.6 Å². The van der Waals surface area contributed by atoms with Gasteiger partial charge < -0.3 is 15.0 Å². The first-order chi connectivity index (χ1) is 8.77. The highest BCUT2D eigenvalue weighted by Crippen LogP contribution is 2.37. The number of morpholine rings is 1. The lowest BCUT2D eigenvalue weighted by molar-refractivity contribution is -0.154. The SMILES string of the molecule is CCC1(C(=O)N2CCOC3CCCC32)CCNC1. The van der Waals surface area contributed by atoms with Crippen molar-refractivity contribution in [3.05, 3.63) is 0 Å². The third-order valence-electron chi connectivity index (χ3n) is 5.12. The second-order valence-corrected chi connectivity index (χ2v) is 5.97. The second-order valence-electron chi connectivity index (χ2n) is 5.97. The summed E-state index contributed by atoms with van der Waals surface area (Å²) in [5.74, 6) is 0.384. The highest BCUT2D eigenvalue weighted by atomic mass is 16.5. The molecule has 3 rings (SSSR count). The summed E-state index contributed by atoms with van der Waals surface area (Å²) in [4.78, 5) is 15.1. The first-order valence-electron chi connectivity index (χ1n) is 7.40. The van der Waals surface area contributed by atoms with Crippen molar-refractivity contribution in [3.63, 3.8) is 0 Å². The van der Waals surface area contributed by atoms with Crippen LogP contribution in [-0.2, 0) is 9.53 Å². The van der Waals surface area contributed by atoms with Crippen molar-refractivity contribution in [2.45, 2.75) is 51.2 Å². The van der Waals surface area contributed by atoms with Crippen molar-refractivity contribution in [2.75, 3.05) is 26.2 Å². The molecule has 3 fully saturated rings. The van der Waals surface area contributed by atoms with E-state index < -0.39 is 0 Å². The Balaban J connectivity index is 1.78. The minimum absolute atomic E-state index is 0.134. The van der Waals surface area contributed by atoms with E-state index in [2.05, 4.69) is 17.1 Å². The fourth-order valence-electron chi connectivity index (χ4n) is 3.86. The molecule has 102 valence electrons. The van der Waals surface area contributed by atoms with E-state index >= 15 is 0 Å². The maximum atomic E-state index is 12.9. The minimum Gasteiger partial charge on any atom is -0.374 e. The van der Waals surface area contributed by atoms with Gasteiger partial charge in [0.15, 0.2) is 0 Å². The van der Waals surface area contributed by atoms with Gasteiger partial charge in [0.05, 0.1) is 24.2 Å². The van der Waals surface area contributed by atoms with E-state index in [9.17, 15) is 4.79 Å². The van der Waals surface area contributed by atoms with Gasteiger partial charge >= 0.3 is 0 Å². The Labute approximate surface area is 109 Å². The Kier molecular flexibility index (Phi) is 3.32. The summed E-state index contributed by atoms with van der Waals surface area (Å²) in [5, 5.41) is 3.37. The molecular weight excluding hydrogens is 228 g/mol. The fraction of sp³-hybridized carbons (Fsp3) is 0.929. The molecule has 2 aliphatic heterocycles. The molecule has 0 bridgehead atoms. The average molecular weight is 252 g/mol. The number of hydrogen-bond donors (Lipinski definition) is 1. The predicted octanol–water partition coefficient (Wildman–Crippen LogP) is 1.16. The van der Waals surface area contributed by atoms with Gasteiger partial charge in [-0.1, -0.05) is 6.92 Å². The van der Waals surface area contributed by atoms with Crippen LogP contribution in [-0.4, -0.2) is 49.2 Å². The molecule has 3 aliphatic rings. The van der Waals surface area contributed by atoms with E-state index in [1.807, 2.05) is 0 Å². The van der Waals surface area contributed by atoms with Crippen LogP contribution in [0.25, 0.3) is 0 Å². The maximum Gasteiger partial charge on any atom is 0.230 e. The predicted molar refractivity (Wildman–Crippen MR) is 69.3 cm³/mol. The van der Waals surface area contributed by atoms with E-state index in [-0.39, 0.29) is 5.41 Å². The maximum absolute atomic E-state index is 12.9. The van der Waals surface area contributed by atoms with Crippen molar-refractivity contribution in [1.29, 1.82) is 0 Å². The molecule has 0 aromatic carbocycles. The average Bonchev–Trinajstić information content (AvgIpc) is 3.06. The molecule has 3 unspecified atom stereocenters. The number of nitrogens with one attached hydrogen (secondary N) is 1. The molecule has 1 aliphatic carbocycles. The highest BCUT2D eigenvalue weighted by Gasteiger charge is 2.47. The van der Waals surface area contributed by atoms with Crippen LogP contribution in [0, 0.1) is 5.41 Å². The number of nitrogens with zero attached hydrogens (tertiary/aromatic N) is 1. The molecule has 1 N–H and O–H groups in total. The van der Waals surface area contributed by atoms with Gasteiger partial charge in [-0.15, -0.1) is 0 Å². The number of ether oxygens (including phenoxy) is 1. The summed E-state index contributed by atoms with van der Waals surface area (Å²) in [6.07, 6.45) is 5.72. The second kappa shape index (κ2) is 4.82. The third kappa shape index (κ3) is 1.86. The molecular formula is C14H24N2O2. The van der Waals surface area contributed by atoms with Gasteiger partial charge in [0, 0.05) is 13.1 Å². The lowest BCUT2D eigenvalue weighted by Crippen LogP contribution is -2.56. The fourth-order valence-corrected chi connectivity index (χ4v) is 3.86. The van der Waals surface area contributed by atoms with Crippen molar-refractivity contribution in [2.24, 2.45) is 5.41 Å². The van der Waals surface area contributed by atoms with Crippen molar-refractivity contribution in [3.8, 4) is 0 Å². The molecule has 4 heteroatoms. The van der Waals surface area contributed by atoms with Gasteiger partial charge in [0.2, 0.25) is 5.91 Å². The minimum atomic E-state index is -0.134. The van der Waals surface area contributed by atoms with Crippen LogP contribution in [0.3, 0.4) is 0 Å². The number of carbonyl (C=O) groups excluding carboxylic acids is 1. The Morgan fingerprint density at radius 3 is 3.11 bits per heavy atom. The van der Waals surface area contributed by atoms with Gasteiger partial charge in [-0.3, -0.25) is 4.79 Å². The zero-order valence-electron chi connectivity index (χ0n) is 11.3. The summed E-state index contributed by atoms with van der Waals surface area (Å²) in [5.41, 5.74) is -0.134. The molecule has 1 saturated carbocycles. The smallest absolute Gasteiger partial charge is 0.230 e. The van der Waals surface area contributed by atoms with Crippen LogP contribution in [0.1, 0.15) is 39.0 Å². The molecule has 1 amide bonds. The molecule has 18 heavy (non-hydrogen) atoms. The molecule has 0 spiro atoms. The Morgan fingerprint density at radius 2 is 2.39 bits per heavy atom. The largest absolute Gasteiger partial charge is 0.374 e. The van der Waals surface area contributed by atoms with Crippen LogP contribution in [0.5, 0.6) is 0 Å². The van der Waals surface area contributed by atoms with Crippen LogP contribution in [0.2, 0.25) is 0 Å². The van der Waals surface area contributed by atoms with Crippen molar-refractivity contribution >= 4 is 5.91 Å². The van der Waals surface area contributed by atoms with E-state index in [0.29, 0.717) is 18.1 Å². The summed E-state index contributed by atoms with van der Waals surface area (Å²) in [6, 6.07) is 0.357. The molecule has 2 heterocycles. The first kappa shape index (κ1) is 12.4. The zero-order chi connectivity index (χ0) is 12.6. The van der Waals surface area contributed by atoms with E-state index in [0.717, 1.165) is 51.9 Å². The van der Waals surface area contributed by atoms with Crippen molar-refractivity contribution < 1.29 is 9.53 Å². The monoisotopic (exact) mass is 252 g/mol. The molecule has 4 nitrogen and oxygen atoms in total. The Bertz CT molecular complexity index is 326. The summed E-state index contributed by atoms with van der Waals surface area (Å²) in [6.45, 7) is 5.51. The number of hydrogen-bond acceptors (Lipinski definition) is 3. The Hall–Kier alpha value is -0.610. The highest BCUT2D eigenvalue weighted by molar-refractivity contribution is 5.84. The zero-order valence-corrected chi connectivity index (χ0v) is 11.3. The lowest BCUT2D eigenvalue weighted by atomic mass is 9.82. The quantitative estimate of drug-likeness (QED) is 0.802. The Morgan fingerprint density at radius 1 is 1.50 bits per heavy atom. The molecule has 3 atom stereocenters. The van der Waals surface area contributed by atoms with Crippen LogP contribution in [0.15, 0.2) is 0 Å². The normalized spacial score (nSPS) is 39.9. The van der Waals surface area contributed by atoms with E-state index in [1.54, 1.807) is 0 Å². The standard InChI is InChI=1S/C14H24N2O2/c1-2-14(6-7-15-10-14)13(17)16-8-9-18-12-5-3-4-11(12)16/h11-12,15H,2-10H2,1H3. The molecule has 0 aromatic rings. The van der Waals surface area contributed by atoms with Gasteiger partial charge in [-0.25, -0.2) is 0 Å². The summed E-state index contributed by atoms with van der Waals surface area (Å²) in [7, 11) is 0. The third-order valence-corrected chi connectivity index (χ3v) is 5.12. The van der Waals surface area contributed by atoms with Gasteiger partial charge in [-0.2, -0.15) is 0 Å². The molecule has 0 radical (unpaired) electrons. The lowest BCUT2D eigenvalue weighted by Gasteiger charge is -2.42. The van der Waals surface area contributed by atoms with E-state index in [1.165, 1.54) is 6.42 Å². The summed E-state index contributed by atoms with van der Waals surface area (Å²) < 4.78 is 5.80. The number of fused-ring (bicyclic) bond motifs is 1. The first-order valence-corrected chi connectivity index (χ1v) is 7.40. The molecule has 2 saturated heterocycles.